The van der Waals surface area contributed by atoms with Gasteiger partial charge in [0.05, 0.1) is 5.92 Å². The summed E-state index contributed by atoms with van der Waals surface area (Å²) in [5.41, 5.74) is 1.40. The van der Waals surface area contributed by atoms with Gasteiger partial charge in [0.1, 0.15) is 17.7 Å². The first-order valence-corrected chi connectivity index (χ1v) is 5.84. The molecule has 20 heavy (non-hydrogen) atoms. The maximum atomic E-state index is 11.5. The summed E-state index contributed by atoms with van der Waals surface area (Å²) in [6.45, 7) is 0. The van der Waals surface area contributed by atoms with E-state index in [-0.39, 0.29) is 23.8 Å². The van der Waals surface area contributed by atoms with E-state index in [0.717, 1.165) is 5.56 Å². The minimum Gasteiger partial charge on any atom is -0.360 e. The lowest BCUT2D eigenvalue weighted by Gasteiger charge is -2.07. The number of nitrogens with one attached hydrogen (secondary N) is 2. The molecule has 6 heteroatoms. The Morgan fingerprint density at radius 2 is 1.90 bits per heavy atom. The molecule has 0 bridgehead atoms. The summed E-state index contributed by atoms with van der Waals surface area (Å²) >= 11 is 0. The van der Waals surface area contributed by atoms with Crippen LogP contribution in [0.15, 0.2) is 36.0 Å². The van der Waals surface area contributed by atoms with E-state index in [9.17, 15) is 9.59 Å². The van der Waals surface area contributed by atoms with E-state index in [1.54, 1.807) is 36.4 Å². The molecule has 2 amide bonds. The zero-order valence-corrected chi connectivity index (χ0v) is 10.4. The third-order valence-corrected chi connectivity index (χ3v) is 2.91. The van der Waals surface area contributed by atoms with Crippen molar-refractivity contribution in [1.29, 1.82) is 10.5 Å². The molecule has 0 radical (unpaired) electrons. The number of imide groups is 1. The van der Waals surface area contributed by atoms with Crippen LogP contribution in [0.4, 0.5) is 5.69 Å². The standard InChI is InChI=1S/C14H10N4O2/c15-6-9(7-16)8-17-11-3-1-10(2-4-11)12-5-13(19)18-14(12)20/h1-4,8,12,17H,5H2,(H,18,19,20). The SMILES string of the molecule is N#CC(C#N)=CNc1ccc(C2CC(=O)NC2=O)cc1. The number of benzene rings is 1. The van der Waals surface area contributed by atoms with Crippen LogP contribution in [0.1, 0.15) is 17.9 Å². The Kier molecular flexibility index (Phi) is 3.78. The van der Waals surface area contributed by atoms with Gasteiger partial charge in [0, 0.05) is 18.3 Å². The molecule has 2 N–H and O–H groups in total. The van der Waals surface area contributed by atoms with E-state index in [4.69, 9.17) is 10.5 Å². The van der Waals surface area contributed by atoms with Crippen molar-refractivity contribution in [3.05, 3.63) is 41.6 Å². The molecule has 1 aliphatic rings. The van der Waals surface area contributed by atoms with Crippen LogP contribution in [0.3, 0.4) is 0 Å². The van der Waals surface area contributed by atoms with Gasteiger partial charge >= 0.3 is 0 Å². The summed E-state index contributed by atoms with van der Waals surface area (Å²) in [5.74, 6) is -0.995. The van der Waals surface area contributed by atoms with E-state index in [2.05, 4.69) is 10.6 Å². The molecule has 0 spiro atoms. The molecule has 0 aromatic heterocycles. The number of rotatable bonds is 3. The predicted octanol–water partition coefficient (Wildman–Crippen LogP) is 1.16. The summed E-state index contributed by atoms with van der Waals surface area (Å²) in [6, 6.07) is 10.4. The van der Waals surface area contributed by atoms with Crippen molar-refractivity contribution in [2.45, 2.75) is 12.3 Å². The van der Waals surface area contributed by atoms with Crippen LogP contribution in [-0.4, -0.2) is 11.8 Å². The Labute approximate surface area is 115 Å². The van der Waals surface area contributed by atoms with Gasteiger partial charge in [0.2, 0.25) is 11.8 Å². The molecule has 2 rings (SSSR count). The van der Waals surface area contributed by atoms with Crippen molar-refractivity contribution in [3.8, 4) is 12.1 Å². The quantitative estimate of drug-likeness (QED) is 0.630. The first-order chi connectivity index (χ1) is 9.63. The number of carbonyl (C=O) groups excluding carboxylic acids is 2. The van der Waals surface area contributed by atoms with Crippen LogP contribution >= 0.6 is 0 Å². The van der Waals surface area contributed by atoms with E-state index in [0.29, 0.717) is 5.69 Å². The fourth-order valence-corrected chi connectivity index (χ4v) is 1.88. The van der Waals surface area contributed by atoms with Crippen LogP contribution in [0.5, 0.6) is 0 Å². The van der Waals surface area contributed by atoms with Crippen LogP contribution in [-0.2, 0) is 9.59 Å². The minimum atomic E-state index is -0.444. The van der Waals surface area contributed by atoms with Crippen LogP contribution < -0.4 is 10.6 Å². The van der Waals surface area contributed by atoms with Crippen molar-refractivity contribution >= 4 is 17.5 Å². The Bertz CT molecular complexity index is 646. The van der Waals surface area contributed by atoms with Crippen molar-refractivity contribution in [3.63, 3.8) is 0 Å². The smallest absolute Gasteiger partial charge is 0.234 e. The van der Waals surface area contributed by atoms with Gasteiger partial charge in [-0.2, -0.15) is 10.5 Å². The number of allylic oxidation sites excluding steroid dienone is 1. The molecule has 1 heterocycles. The highest BCUT2D eigenvalue weighted by atomic mass is 16.2. The van der Waals surface area contributed by atoms with Gasteiger partial charge in [-0.15, -0.1) is 0 Å². The zero-order chi connectivity index (χ0) is 14.5. The fraction of sp³-hybridized carbons (Fsp3) is 0.143. The second-order valence-electron chi connectivity index (χ2n) is 4.22. The monoisotopic (exact) mass is 266 g/mol. The molecular weight excluding hydrogens is 256 g/mol. The Hall–Kier alpha value is -3.12. The van der Waals surface area contributed by atoms with Gasteiger partial charge in [-0.3, -0.25) is 14.9 Å². The summed E-state index contributed by atoms with van der Waals surface area (Å²) in [5, 5.41) is 22.2. The number of carbonyl (C=O) groups is 2. The molecule has 0 saturated carbocycles. The number of amides is 2. The molecule has 98 valence electrons. The Balaban J connectivity index is 2.10. The average molecular weight is 266 g/mol. The second-order valence-corrected chi connectivity index (χ2v) is 4.22. The predicted molar refractivity (Wildman–Crippen MR) is 69.9 cm³/mol. The van der Waals surface area contributed by atoms with Gasteiger partial charge in [-0.1, -0.05) is 12.1 Å². The number of hydrogen-bond acceptors (Lipinski definition) is 5. The Morgan fingerprint density at radius 1 is 1.25 bits per heavy atom. The van der Waals surface area contributed by atoms with Gasteiger partial charge in [-0.25, -0.2) is 0 Å². The van der Waals surface area contributed by atoms with Gasteiger partial charge < -0.3 is 5.32 Å². The number of hydrogen-bond donors (Lipinski definition) is 2. The van der Waals surface area contributed by atoms with Crippen molar-refractivity contribution in [2.24, 2.45) is 0 Å². The normalized spacial score (nSPS) is 16.8. The van der Waals surface area contributed by atoms with E-state index in [1.807, 2.05) is 0 Å². The summed E-state index contributed by atoms with van der Waals surface area (Å²) in [7, 11) is 0. The maximum Gasteiger partial charge on any atom is 0.234 e. The molecule has 1 aromatic carbocycles. The summed E-state index contributed by atoms with van der Waals surface area (Å²) in [6.07, 6.45) is 1.47. The molecule has 1 unspecified atom stereocenters. The van der Waals surface area contributed by atoms with E-state index >= 15 is 0 Å². The highest BCUT2D eigenvalue weighted by Gasteiger charge is 2.31. The topological polar surface area (TPSA) is 106 Å². The lowest BCUT2D eigenvalue weighted by molar-refractivity contribution is -0.125. The molecule has 6 nitrogen and oxygen atoms in total. The van der Waals surface area contributed by atoms with Gasteiger partial charge in [-0.05, 0) is 17.7 Å². The highest BCUT2D eigenvalue weighted by molar-refractivity contribution is 6.06. The lowest BCUT2D eigenvalue weighted by atomic mass is 9.97. The molecule has 1 fully saturated rings. The number of nitriles is 2. The molecule has 1 aromatic rings. The average Bonchev–Trinajstić information content (AvgIpc) is 2.79. The Morgan fingerprint density at radius 3 is 2.40 bits per heavy atom. The summed E-state index contributed by atoms with van der Waals surface area (Å²) < 4.78 is 0. The van der Waals surface area contributed by atoms with Crippen LogP contribution in [0, 0.1) is 22.7 Å². The fourth-order valence-electron chi connectivity index (χ4n) is 1.88. The van der Waals surface area contributed by atoms with E-state index < -0.39 is 5.92 Å². The number of anilines is 1. The second kappa shape index (κ2) is 5.68. The molecule has 1 aliphatic heterocycles. The third kappa shape index (κ3) is 2.82. The largest absolute Gasteiger partial charge is 0.360 e. The molecule has 1 saturated heterocycles. The van der Waals surface area contributed by atoms with E-state index in [1.165, 1.54) is 6.20 Å². The third-order valence-electron chi connectivity index (χ3n) is 2.91. The molecular formula is C14H10N4O2. The first-order valence-electron chi connectivity index (χ1n) is 5.84. The van der Waals surface area contributed by atoms with Crippen molar-refractivity contribution < 1.29 is 9.59 Å². The molecule has 0 aliphatic carbocycles. The lowest BCUT2D eigenvalue weighted by Crippen LogP contribution is -2.21. The maximum absolute atomic E-state index is 11.5. The minimum absolute atomic E-state index is 0.0326. The zero-order valence-electron chi connectivity index (χ0n) is 10.4. The first kappa shape index (κ1) is 13.3. The molecule has 1 atom stereocenters. The summed E-state index contributed by atoms with van der Waals surface area (Å²) in [4.78, 5) is 22.7. The van der Waals surface area contributed by atoms with Crippen molar-refractivity contribution in [2.75, 3.05) is 5.32 Å². The van der Waals surface area contributed by atoms with Gasteiger partial charge in [0.15, 0.2) is 0 Å². The van der Waals surface area contributed by atoms with Gasteiger partial charge in [0.25, 0.3) is 0 Å². The van der Waals surface area contributed by atoms with Crippen LogP contribution in [0.25, 0.3) is 0 Å². The number of nitrogens with zero attached hydrogens (tertiary/aromatic N) is 2. The van der Waals surface area contributed by atoms with Crippen molar-refractivity contribution in [1.82, 2.24) is 5.32 Å². The van der Waals surface area contributed by atoms with Crippen LogP contribution in [0.2, 0.25) is 0 Å². The highest BCUT2D eigenvalue weighted by Crippen LogP contribution is 2.25.